The Morgan fingerprint density at radius 2 is 1.56 bits per heavy atom. The first-order chi connectivity index (χ1) is 13.2. The molecule has 0 amide bonds. The van der Waals surface area contributed by atoms with Crippen molar-refractivity contribution in [3.8, 4) is 0 Å². The number of benzene rings is 2. The molecule has 2 saturated carbocycles. The maximum atomic E-state index is 11.0. The molecule has 2 heterocycles. The average molecular weight is 359 g/mol. The molecule has 1 saturated heterocycles. The maximum absolute atomic E-state index is 11.0. The fourth-order valence-electron chi connectivity index (χ4n) is 5.21. The first-order valence-corrected chi connectivity index (χ1v) is 9.88. The number of nitro groups is 1. The quantitative estimate of drug-likeness (QED) is 0.453. The van der Waals surface area contributed by atoms with Gasteiger partial charge in [-0.1, -0.05) is 42.5 Å². The first-order valence-electron chi connectivity index (χ1n) is 9.88. The molecule has 6 rings (SSSR count). The number of hydrogen-bond acceptors (Lipinski definition) is 4. The van der Waals surface area contributed by atoms with Crippen LogP contribution in [0.2, 0.25) is 0 Å². The Labute approximate surface area is 157 Å². The van der Waals surface area contributed by atoms with Gasteiger partial charge in [0.05, 0.1) is 22.7 Å². The van der Waals surface area contributed by atoms with Gasteiger partial charge in [-0.15, -0.1) is 0 Å². The van der Waals surface area contributed by atoms with Gasteiger partial charge in [-0.05, 0) is 48.6 Å². The molecule has 4 aliphatic rings. The maximum Gasteiger partial charge on any atom is 0.269 e. The van der Waals surface area contributed by atoms with Crippen molar-refractivity contribution in [2.75, 3.05) is 0 Å². The van der Waals surface area contributed by atoms with Crippen LogP contribution in [-0.4, -0.2) is 27.2 Å². The highest BCUT2D eigenvalue weighted by Crippen LogP contribution is 2.67. The fourth-order valence-corrected chi connectivity index (χ4v) is 5.21. The van der Waals surface area contributed by atoms with E-state index in [0.717, 1.165) is 0 Å². The number of nitro benzene ring substituents is 1. The van der Waals surface area contributed by atoms with E-state index in [0.29, 0.717) is 23.9 Å². The second kappa shape index (κ2) is 5.26. The van der Waals surface area contributed by atoms with Gasteiger partial charge in [0.25, 0.3) is 5.69 Å². The van der Waals surface area contributed by atoms with Crippen LogP contribution in [0, 0.1) is 22.0 Å². The Bertz CT molecular complexity index is 933. The summed E-state index contributed by atoms with van der Waals surface area (Å²) in [5, 5.41) is 11.0. The van der Waals surface area contributed by atoms with Crippen LogP contribution >= 0.6 is 0 Å². The molecule has 3 fully saturated rings. The number of aliphatic imine (C=N–C) groups is 1. The van der Waals surface area contributed by atoms with Gasteiger partial charge in [0.1, 0.15) is 5.66 Å². The highest BCUT2D eigenvalue weighted by molar-refractivity contribution is 6.08. The molecule has 5 nitrogen and oxygen atoms in total. The predicted octanol–water partition coefficient (Wildman–Crippen LogP) is 4.34. The number of rotatable bonds is 5. The van der Waals surface area contributed by atoms with E-state index in [1.54, 1.807) is 12.1 Å². The summed E-state index contributed by atoms with van der Waals surface area (Å²) in [6.45, 7) is 0. The summed E-state index contributed by atoms with van der Waals surface area (Å²) in [5.74, 6) is 1.36. The lowest BCUT2D eigenvalue weighted by molar-refractivity contribution is -0.384. The van der Waals surface area contributed by atoms with Gasteiger partial charge in [0, 0.05) is 12.1 Å². The van der Waals surface area contributed by atoms with Gasteiger partial charge in [-0.25, -0.2) is 0 Å². The molecule has 3 unspecified atom stereocenters. The van der Waals surface area contributed by atoms with Crippen molar-refractivity contribution in [2.45, 2.75) is 43.4 Å². The molecule has 2 aliphatic carbocycles. The third-order valence-corrected chi connectivity index (χ3v) is 6.67. The predicted molar refractivity (Wildman–Crippen MR) is 103 cm³/mol. The molecule has 2 aromatic carbocycles. The highest BCUT2D eigenvalue weighted by atomic mass is 16.6. The van der Waals surface area contributed by atoms with Gasteiger partial charge in [0.15, 0.2) is 0 Å². The third kappa shape index (κ3) is 2.18. The molecule has 0 radical (unpaired) electrons. The molecule has 136 valence electrons. The lowest BCUT2D eigenvalue weighted by atomic mass is 9.96. The molecule has 2 aromatic rings. The molecule has 5 heteroatoms. The lowest BCUT2D eigenvalue weighted by Crippen LogP contribution is -2.39. The van der Waals surface area contributed by atoms with Crippen LogP contribution in [0.5, 0.6) is 0 Å². The largest absolute Gasteiger partial charge is 0.269 e. The van der Waals surface area contributed by atoms with Gasteiger partial charge < -0.3 is 0 Å². The molecule has 0 N–H and O–H groups in total. The van der Waals surface area contributed by atoms with E-state index in [1.165, 1.54) is 42.5 Å². The minimum atomic E-state index is -0.326. The van der Waals surface area contributed by atoms with Crippen LogP contribution in [0.25, 0.3) is 0 Å². The second-order valence-corrected chi connectivity index (χ2v) is 8.34. The van der Waals surface area contributed by atoms with E-state index >= 15 is 0 Å². The van der Waals surface area contributed by atoms with E-state index in [4.69, 9.17) is 4.99 Å². The molecular weight excluding hydrogens is 338 g/mol. The van der Waals surface area contributed by atoms with Gasteiger partial charge in [-0.2, -0.15) is 0 Å². The van der Waals surface area contributed by atoms with Crippen LogP contribution in [0.15, 0.2) is 59.6 Å². The molecule has 0 spiro atoms. The van der Waals surface area contributed by atoms with Crippen molar-refractivity contribution in [3.05, 3.63) is 75.8 Å². The van der Waals surface area contributed by atoms with E-state index in [2.05, 4.69) is 29.2 Å². The zero-order valence-corrected chi connectivity index (χ0v) is 15.0. The average Bonchev–Trinajstić information content (AvgIpc) is 3.57. The van der Waals surface area contributed by atoms with Crippen molar-refractivity contribution in [1.82, 2.24) is 4.90 Å². The zero-order valence-electron chi connectivity index (χ0n) is 15.0. The van der Waals surface area contributed by atoms with Gasteiger partial charge >= 0.3 is 0 Å². The summed E-state index contributed by atoms with van der Waals surface area (Å²) in [6.07, 6.45) is 5.10. The number of nitrogens with zero attached hydrogens (tertiary/aromatic N) is 3. The molecule has 27 heavy (non-hydrogen) atoms. The van der Waals surface area contributed by atoms with Crippen molar-refractivity contribution >= 4 is 11.4 Å². The minimum Gasteiger partial charge on any atom is -0.264 e. The Balaban J connectivity index is 1.43. The normalized spacial score (nSPS) is 30.5. The van der Waals surface area contributed by atoms with Crippen LogP contribution in [0.3, 0.4) is 0 Å². The Hall–Kier alpha value is -2.53. The Morgan fingerprint density at radius 3 is 2.11 bits per heavy atom. The lowest BCUT2D eigenvalue weighted by Gasteiger charge is -2.31. The van der Waals surface area contributed by atoms with Crippen LogP contribution in [0.4, 0.5) is 5.69 Å². The van der Waals surface area contributed by atoms with Crippen molar-refractivity contribution in [1.29, 1.82) is 0 Å². The summed E-state index contributed by atoms with van der Waals surface area (Å²) in [7, 11) is 0. The smallest absolute Gasteiger partial charge is 0.264 e. The van der Waals surface area contributed by atoms with E-state index in [-0.39, 0.29) is 16.3 Å². The van der Waals surface area contributed by atoms with Crippen LogP contribution in [-0.2, 0) is 0 Å². The summed E-state index contributed by atoms with van der Waals surface area (Å²) in [5.41, 5.74) is 3.76. The highest BCUT2D eigenvalue weighted by Gasteiger charge is 2.72. The number of non-ortho nitro benzene ring substituents is 1. The SMILES string of the molecule is O=[N+]([O-])c1ccc(C2C3C(c4ccccc4)=NC(C4CC4)(C4CC4)N32)cc1. The zero-order chi connectivity index (χ0) is 18.2. The summed E-state index contributed by atoms with van der Waals surface area (Å²) in [4.78, 5) is 18.7. The summed E-state index contributed by atoms with van der Waals surface area (Å²) in [6, 6.07) is 18.3. The number of fused-ring (bicyclic) bond motifs is 1. The minimum absolute atomic E-state index is 0.0255. The van der Waals surface area contributed by atoms with Crippen molar-refractivity contribution < 1.29 is 4.92 Å². The second-order valence-electron chi connectivity index (χ2n) is 8.34. The van der Waals surface area contributed by atoms with Crippen LogP contribution in [0.1, 0.15) is 42.9 Å². The van der Waals surface area contributed by atoms with Gasteiger partial charge in [0.2, 0.25) is 0 Å². The molecule has 0 bridgehead atoms. The standard InChI is InChI=1S/C22H21N3O2/c26-25(27)18-12-6-15(7-13-18)20-21-19(14-4-2-1-3-5-14)23-22(24(20)21,16-8-9-16)17-10-11-17/h1-7,12-13,16-17,20-21H,8-11H2. The van der Waals surface area contributed by atoms with Crippen molar-refractivity contribution in [2.24, 2.45) is 16.8 Å². The molecule has 3 atom stereocenters. The Morgan fingerprint density at radius 1 is 0.926 bits per heavy atom. The van der Waals surface area contributed by atoms with E-state index in [1.807, 2.05) is 18.2 Å². The monoisotopic (exact) mass is 359 g/mol. The van der Waals surface area contributed by atoms with E-state index in [9.17, 15) is 10.1 Å². The number of hydrogen-bond donors (Lipinski definition) is 0. The Kier molecular flexibility index (Phi) is 3.02. The van der Waals surface area contributed by atoms with Crippen molar-refractivity contribution in [3.63, 3.8) is 0 Å². The topological polar surface area (TPSA) is 58.5 Å². The molecule has 0 aromatic heterocycles. The third-order valence-electron chi connectivity index (χ3n) is 6.67. The fraction of sp³-hybridized carbons (Fsp3) is 0.409. The van der Waals surface area contributed by atoms with Crippen LogP contribution < -0.4 is 0 Å². The summed E-state index contributed by atoms with van der Waals surface area (Å²) >= 11 is 0. The van der Waals surface area contributed by atoms with E-state index < -0.39 is 0 Å². The first kappa shape index (κ1) is 15.5. The van der Waals surface area contributed by atoms with Gasteiger partial charge in [-0.3, -0.25) is 20.0 Å². The molecule has 2 aliphatic heterocycles. The summed E-state index contributed by atoms with van der Waals surface area (Å²) < 4.78 is 0. The molecular formula is C22H21N3O2.